The monoisotopic (exact) mass is 375 g/mol. The number of rotatable bonds is 1. The van der Waals surface area contributed by atoms with Crippen LogP contribution in [0.4, 0.5) is 0 Å². The van der Waals surface area contributed by atoms with Crippen LogP contribution in [0.15, 0.2) is 41.0 Å². The Bertz CT molecular complexity index is 756. The summed E-state index contributed by atoms with van der Waals surface area (Å²) < 4.78 is 5.64. The molecule has 1 aromatic carbocycles. The highest BCUT2D eigenvalue weighted by atomic mass is 79.9. The number of aromatic nitrogens is 1. The lowest BCUT2D eigenvalue weighted by Crippen LogP contribution is -2.07. The van der Waals surface area contributed by atoms with Crippen LogP contribution in [0.25, 0.3) is 11.6 Å². The number of benzene rings is 1. The lowest BCUT2D eigenvalue weighted by molar-refractivity contribution is -0.133. The number of nitrogens with zero attached hydrogens (tertiary/aromatic N) is 1. The summed E-state index contributed by atoms with van der Waals surface area (Å²) in [4.78, 5) is 16.4. The first-order valence-electron chi connectivity index (χ1n) is 7.34. The van der Waals surface area contributed by atoms with Gasteiger partial charge in [-0.25, -0.2) is 4.79 Å². The molecule has 1 N–H and O–H groups in total. The second kappa shape index (κ2) is 7.53. The number of ether oxygens (including phenoxy) is 1. The number of carbonyl (C=O) groups is 1. The van der Waals surface area contributed by atoms with Crippen molar-refractivity contribution in [2.45, 2.75) is 20.0 Å². The van der Waals surface area contributed by atoms with Crippen molar-refractivity contribution in [3.8, 4) is 0 Å². The van der Waals surface area contributed by atoms with Gasteiger partial charge in [0.25, 0.3) is 0 Å². The van der Waals surface area contributed by atoms with Gasteiger partial charge in [-0.2, -0.15) is 0 Å². The van der Waals surface area contributed by atoms with Crippen molar-refractivity contribution in [2.75, 3.05) is 7.11 Å². The van der Waals surface area contributed by atoms with Crippen LogP contribution in [0, 0.1) is 0 Å². The number of methoxy groups -OCH3 is 1. The summed E-state index contributed by atoms with van der Waals surface area (Å²) in [6, 6.07) is 9.04. The van der Waals surface area contributed by atoms with Crippen LogP contribution in [0.3, 0.4) is 0 Å². The molecule has 1 atom stereocenters. The highest BCUT2D eigenvalue weighted by Gasteiger charge is 2.27. The zero-order valence-electron chi connectivity index (χ0n) is 13.2. The van der Waals surface area contributed by atoms with Gasteiger partial charge in [-0.15, -0.1) is 0 Å². The van der Waals surface area contributed by atoms with Gasteiger partial charge in [0, 0.05) is 16.2 Å². The zero-order chi connectivity index (χ0) is 17.0. The van der Waals surface area contributed by atoms with Gasteiger partial charge < -0.3 is 9.84 Å². The Kier molecular flexibility index (Phi) is 5.69. The average molecular weight is 376 g/mol. The normalized spacial score (nSPS) is 15.2. The Labute approximate surface area is 144 Å². The molecule has 0 saturated carbocycles. The molecule has 1 unspecified atom stereocenters. The van der Waals surface area contributed by atoms with Crippen LogP contribution in [-0.2, 0) is 9.53 Å². The molecule has 1 heterocycles. The van der Waals surface area contributed by atoms with Crippen LogP contribution in [0.2, 0.25) is 0 Å². The number of hydrogen-bond acceptors (Lipinski definition) is 4. The molecular formula is C18H18BrNO3. The maximum Gasteiger partial charge on any atom is 0.338 e. The lowest BCUT2D eigenvalue weighted by atomic mass is 9.97. The third-order valence-corrected chi connectivity index (χ3v) is 3.86. The van der Waals surface area contributed by atoms with Crippen LogP contribution in [0.5, 0.6) is 0 Å². The first kappa shape index (κ1) is 17.4. The maximum atomic E-state index is 12.1. The van der Waals surface area contributed by atoms with Gasteiger partial charge in [0.15, 0.2) is 0 Å². The van der Waals surface area contributed by atoms with Crippen molar-refractivity contribution in [1.29, 1.82) is 0 Å². The van der Waals surface area contributed by atoms with E-state index in [9.17, 15) is 9.90 Å². The van der Waals surface area contributed by atoms with E-state index >= 15 is 0 Å². The quantitative estimate of drug-likeness (QED) is 0.765. The molecule has 1 aromatic heterocycles. The van der Waals surface area contributed by atoms with Gasteiger partial charge >= 0.3 is 5.97 Å². The average Bonchev–Trinajstić information content (AvgIpc) is 2.71. The van der Waals surface area contributed by atoms with Crippen LogP contribution < -0.4 is 0 Å². The van der Waals surface area contributed by atoms with E-state index in [4.69, 9.17) is 4.74 Å². The molecule has 0 saturated heterocycles. The summed E-state index contributed by atoms with van der Waals surface area (Å²) in [5.74, 6) is -0.442. The molecule has 0 spiro atoms. The summed E-state index contributed by atoms with van der Waals surface area (Å²) in [6.45, 7) is 4.00. The van der Waals surface area contributed by atoms with E-state index in [1.807, 2.05) is 32.0 Å². The fraction of sp³-hybridized carbons (Fsp3) is 0.222. The summed E-state index contributed by atoms with van der Waals surface area (Å²) in [5.41, 5.74) is 2.91. The molecule has 23 heavy (non-hydrogen) atoms. The predicted octanol–water partition coefficient (Wildman–Crippen LogP) is 3.98. The van der Waals surface area contributed by atoms with Crippen molar-refractivity contribution in [3.05, 3.63) is 63.4 Å². The third-order valence-electron chi connectivity index (χ3n) is 3.43. The van der Waals surface area contributed by atoms with Crippen LogP contribution in [-0.4, -0.2) is 23.2 Å². The van der Waals surface area contributed by atoms with E-state index in [2.05, 4.69) is 20.9 Å². The second-order valence-electron chi connectivity index (χ2n) is 4.67. The molecule has 2 aromatic rings. The lowest BCUT2D eigenvalue weighted by Gasteiger charge is -2.14. The number of aliphatic hydroxyl groups excluding tert-OH is 1. The Morgan fingerprint density at radius 3 is 2.70 bits per heavy atom. The van der Waals surface area contributed by atoms with Crippen molar-refractivity contribution in [1.82, 2.24) is 4.98 Å². The van der Waals surface area contributed by atoms with Gasteiger partial charge in [-0.1, -0.05) is 38.1 Å². The first-order valence-corrected chi connectivity index (χ1v) is 8.14. The molecule has 0 radical (unpaired) electrons. The maximum absolute atomic E-state index is 12.1. The molecule has 3 rings (SSSR count). The molecule has 1 aliphatic carbocycles. The Hall–Kier alpha value is -1.98. The van der Waals surface area contributed by atoms with E-state index in [1.165, 1.54) is 7.11 Å². The van der Waals surface area contributed by atoms with Crippen LogP contribution in [0.1, 0.15) is 42.3 Å². The molecule has 0 aliphatic heterocycles. The molecule has 1 aliphatic rings. The molecule has 5 heteroatoms. The Balaban J connectivity index is 0.000000924. The van der Waals surface area contributed by atoms with Crippen molar-refractivity contribution in [2.24, 2.45) is 0 Å². The second-order valence-corrected chi connectivity index (χ2v) is 5.58. The highest BCUT2D eigenvalue weighted by molar-refractivity contribution is 9.10. The number of pyridine rings is 1. The van der Waals surface area contributed by atoms with Gasteiger partial charge in [0.05, 0.1) is 18.4 Å². The number of halogens is 1. The summed E-state index contributed by atoms with van der Waals surface area (Å²) >= 11 is 3.36. The third kappa shape index (κ3) is 3.35. The first-order chi connectivity index (χ1) is 11.1. The molecule has 0 amide bonds. The van der Waals surface area contributed by atoms with Gasteiger partial charge in [0.2, 0.25) is 0 Å². The number of carbonyl (C=O) groups excluding carboxylic acids is 1. The molecule has 4 nitrogen and oxygen atoms in total. The molecule has 120 valence electrons. The minimum Gasteiger partial charge on any atom is -0.465 e. The summed E-state index contributed by atoms with van der Waals surface area (Å²) in [5, 5.41) is 10.6. The minimum atomic E-state index is -0.886. The number of hydrogen-bond donors (Lipinski definition) is 1. The Morgan fingerprint density at radius 2 is 2.00 bits per heavy atom. The van der Waals surface area contributed by atoms with E-state index in [0.29, 0.717) is 28.0 Å². The van der Waals surface area contributed by atoms with Gasteiger partial charge in [-0.3, -0.25) is 4.98 Å². The highest BCUT2D eigenvalue weighted by Crippen LogP contribution is 2.36. The van der Waals surface area contributed by atoms with Gasteiger partial charge in [-0.05, 0) is 39.2 Å². The van der Waals surface area contributed by atoms with Crippen LogP contribution >= 0.6 is 15.9 Å². The summed E-state index contributed by atoms with van der Waals surface area (Å²) in [7, 11) is 1.34. The van der Waals surface area contributed by atoms with E-state index < -0.39 is 12.1 Å². The van der Waals surface area contributed by atoms with Crippen molar-refractivity contribution in [3.63, 3.8) is 0 Å². The van der Waals surface area contributed by atoms with Gasteiger partial charge in [0.1, 0.15) is 6.10 Å². The Morgan fingerprint density at radius 1 is 1.30 bits per heavy atom. The summed E-state index contributed by atoms with van der Waals surface area (Å²) in [6.07, 6.45) is 2.44. The molecule has 0 fully saturated rings. The number of fused-ring (bicyclic) bond motifs is 2. The SMILES string of the molecule is CC.COC(=O)C1=Cc2cc(Br)cnc2C(O)c2ccccc21. The largest absolute Gasteiger partial charge is 0.465 e. The smallest absolute Gasteiger partial charge is 0.338 e. The van der Waals surface area contributed by atoms with E-state index in [0.717, 1.165) is 4.47 Å². The fourth-order valence-electron chi connectivity index (χ4n) is 2.45. The van der Waals surface area contributed by atoms with Crippen molar-refractivity contribution >= 4 is 33.5 Å². The van der Waals surface area contributed by atoms with E-state index in [-0.39, 0.29) is 0 Å². The molecular weight excluding hydrogens is 358 g/mol. The minimum absolute atomic E-state index is 0.408. The predicted molar refractivity (Wildman–Crippen MR) is 93.7 cm³/mol. The van der Waals surface area contributed by atoms with Crippen molar-refractivity contribution < 1.29 is 14.6 Å². The molecule has 0 bridgehead atoms. The standard InChI is InChI=1S/C16H12BrNO3.C2H6/c1-21-16(20)13-7-9-6-10(17)8-18-14(9)15(19)12-5-3-2-4-11(12)13;1-2/h2-8,15,19H,1H3;1-2H3. The number of esters is 1. The topological polar surface area (TPSA) is 59.4 Å². The zero-order valence-corrected chi connectivity index (χ0v) is 14.8. The fourth-order valence-corrected chi connectivity index (χ4v) is 2.80. The number of aliphatic hydroxyl groups is 1. The van der Waals surface area contributed by atoms with E-state index in [1.54, 1.807) is 24.4 Å².